The molecular formula is C15H10BrF4NO. The lowest BCUT2D eigenvalue weighted by Gasteiger charge is -2.13. The van der Waals surface area contributed by atoms with Crippen molar-refractivity contribution in [1.29, 1.82) is 0 Å². The van der Waals surface area contributed by atoms with E-state index in [-0.39, 0.29) is 21.3 Å². The van der Waals surface area contributed by atoms with Crippen LogP contribution in [0.1, 0.15) is 21.5 Å². The lowest BCUT2D eigenvalue weighted by atomic mass is 10.1. The lowest BCUT2D eigenvalue weighted by Crippen LogP contribution is -2.14. The molecule has 0 spiro atoms. The van der Waals surface area contributed by atoms with E-state index in [1.54, 1.807) is 0 Å². The zero-order chi connectivity index (χ0) is 16.5. The number of carbonyl (C=O) groups is 1. The summed E-state index contributed by atoms with van der Waals surface area (Å²) in [6, 6.07) is 6.96. The van der Waals surface area contributed by atoms with Crippen molar-refractivity contribution in [2.45, 2.75) is 13.1 Å². The molecule has 2 nitrogen and oxygen atoms in total. The Morgan fingerprint density at radius 3 is 2.41 bits per heavy atom. The van der Waals surface area contributed by atoms with Gasteiger partial charge in [0.1, 0.15) is 5.82 Å². The topological polar surface area (TPSA) is 29.1 Å². The van der Waals surface area contributed by atoms with Crippen LogP contribution < -0.4 is 5.32 Å². The maximum absolute atomic E-state index is 13.0. The van der Waals surface area contributed by atoms with Crippen LogP contribution in [0.2, 0.25) is 0 Å². The van der Waals surface area contributed by atoms with E-state index in [4.69, 9.17) is 0 Å². The predicted octanol–water partition coefficient (Wildman–Crippen LogP) is 5.17. The average molecular weight is 376 g/mol. The Labute approximate surface area is 132 Å². The summed E-state index contributed by atoms with van der Waals surface area (Å²) in [4.78, 5) is 12.0. The summed E-state index contributed by atoms with van der Waals surface area (Å²) < 4.78 is 51.7. The maximum atomic E-state index is 13.0. The summed E-state index contributed by atoms with van der Waals surface area (Å²) in [7, 11) is 0. The molecule has 1 amide bonds. The lowest BCUT2D eigenvalue weighted by molar-refractivity contribution is -0.138. The molecule has 0 atom stereocenters. The summed E-state index contributed by atoms with van der Waals surface area (Å²) in [6.45, 7) is 1.34. The van der Waals surface area contributed by atoms with Gasteiger partial charge in [0, 0.05) is 10.2 Å². The molecule has 0 bridgehead atoms. The summed E-state index contributed by atoms with van der Waals surface area (Å²) in [5, 5.41) is 2.37. The Bertz CT molecular complexity index is 728. The van der Waals surface area contributed by atoms with Gasteiger partial charge < -0.3 is 5.32 Å². The van der Waals surface area contributed by atoms with Crippen molar-refractivity contribution < 1.29 is 22.4 Å². The molecule has 0 aliphatic rings. The second kappa shape index (κ2) is 6.08. The summed E-state index contributed by atoms with van der Waals surface area (Å²) >= 11 is 3.04. The van der Waals surface area contributed by atoms with E-state index >= 15 is 0 Å². The number of hydrogen-bond donors (Lipinski definition) is 1. The van der Waals surface area contributed by atoms with Gasteiger partial charge in [0.15, 0.2) is 0 Å². The molecule has 2 aromatic rings. The molecule has 0 fully saturated rings. The molecule has 0 heterocycles. The first-order chi connectivity index (χ1) is 10.2. The van der Waals surface area contributed by atoms with E-state index in [0.717, 1.165) is 18.2 Å². The Morgan fingerprint density at radius 1 is 1.14 bits per heavy atom. The highest BCUT2D eigenvalue weighted by molar-refractivity contribution is 9.10. The molecule has 0 unspecified atom stereocenters. The number of hydrogen-bond acceptors (Lipinski definition) is 1. The van der Waals surface area contributed by atoms with E-state index in [1.165, 1.54) is 25.1 Å². The second-order valence-corrected chi connectivity index (χ2v) is 5.46. The molecule has 0 aromatic heterocycles. The molecule has 2 rings (SSSR count). The van der Waals surface area contributed by atoms with Crippen LogP contribution in [0.15, 0.2) is 40.9 Å². The van der Waals surface area contributed by atoms with Crippen molar-refractivity contribution in [3.8, 4) is 0 Å². The Kier molecular flexibility index (Phi) is 4.55. The van der Waals surface area contributed by atoms with E-state index in [1.807, 2.05) is 0 Å². The molecule has 0 aliphatic heterocycles. The van der Waals surface area contributed by atoms with E-state index < -0.39 is 23.5 Å². The molecule has 0 aliphatic carbocycles. The highest BCUT2D eigenvalue weighted by atomic mass is 79.9. The standard InChI is InChI=1S/C15H10BrF4NO/c1-8-2-4-10(7-12(8)15(18,19)20)21-14(22)11-5-3-9(17)6-13(11)16/h2-7H,1H3,(H,21,22). The van der Waals surface area contributed by atoms with Gasteiger partial charge in [-0.05, 0) is 58.7 Å². The maximum Gasteiger partial charge on any atom is 0.416 e. The van der Waals surface area contributed by atoms with Gasteiger partial charge in [-0.3, -0.25) is 4.79 Å². The van der Waals surface area contributed by atoms with Crippen molar-refractivity contribution in [2.24, 2.45) is 0 Å². The average Bonchev–Trinajstić information content (AvgIpc) is 2.39. The molecule has 0 saturated heterocycles. The zero-order valence-electron chi connectivity index (χ0n) is 11.3. The number of alkyl halides is 3. The van der Waals surface area contributed by atoms with Gasteiger partial charge in [0.25, 0.3) is 5.91 Å². The zero-order valence-corrected chi connectivity index (χ0v) is 12.8. The third-order valence-electron chi connectivity index (χ3n) is 2.98. The van der Waals surface area contributed by atoms with Gasteiger partial charge in [0.2, 0.25) is 0 Å². The number of halogens is 5. The summed E-state index contributed by atoms with van der Waals surface area (Å²) in [5.41, 5.74) is -0.619. The van der Waals surface area contributed by atoms with Crippen LogP contribution in [-0.4, -0.2) is 5.91 Å². The quantitative estimate of drug-likeness (QED) is 0.721. The normalized spacial score (nSPS) is 11.4. The number of aryl methyl sites for hydroxylation is 1. The van der Waals surface area contributed by atoms with Crippen molar-refractivity contribution in [2.75, 3.05) is 5.32 Å². The SMILES string of the molecule is Cc1ccc(NC(=O)c2ccc(F)cc2Br)cc1C(F)(F)F. The van der Waals surface area contributed by atoms with Crippen LogP contribution in [-0.2, 0) is 6.18 Å². The minimum absolute atomic E-state index is 0.0131. The number of anilines is 1. The number of benzene rings is 2. The summed E-state index contributed by atoms with van der Waals surface area (Å²) in [6.07, 6.45) is -4.50. The Balaban J connectivity index is 2.29. The smallest absolute Gasteiger partial charge is 0.322 e. The van der Waals surface area contributed by atoms with Crippen LogP contribution in [0.3, 0.4) is 0 Å². The molecule has 116 valence electrons. The molecule has 22 heavy (non-hydrogen) atoms. The van der Waals surface area contributed by atoms with E-state index in [0.29, 0.717) is 0 Å². The molecule has 1 N–H and O–H groups in total. The van der Waals surface area contributed by atoms with Gasteiger partial charge in [-0.25, -0.2) is 4.39 Å². The van der Waals surface area contributed by atoms with Crippen molar-refractivity contribution in [3.63, 3.8) is 0 Å². The number of carbonyl (C=O) groups excluding carboxylic acids is 1. The molecule has 7 heteroatoms. The highest BCUT2D eigenvalue weighted by Crippen LogP contribution is 2.33. The van der Waals surface area contributed by atoms with Gasteiger partial charge in [-0.15, -0.1) is 0 Å². The number of rotatable bonds is 2. The van der Waals surface area contributed by atoms with Gasteiger partial charge in [-0.1, -0.05) is 6.07 Å². The fraction of sp³-hybridized carbons (Fsp3) is 0.133. The highest BCUT2D eigenvalue weighted by Gasteiger charge is 2.32. The van der Waals surface area contributed by atoms with Crippen LogP contribution in [0.5, 0.6) is 0 Å². The van der Waals surface area contributed by atoms with Crippen LogP contribution in [0.25, 0.3) is 0 Å². The van der Waals surface area contributed by atoms with E-state index in [9.17, 15) is 22.4 Å². The van der Waals surface area contributed by atoms with Crippen LogP contribution in [0.4, 0.5) is 23.2 Å². The van der Waals surface area contributed by atoms with Crippen LogP contribution in [0, 0.1) is 12.7 Å². The van der Waals surface area contributed by atoms with E-state index in [2.05, 4.69) is 21.2 Å². The monoisotopic (exact) mass is 375 g/mol. The third kappa shape index (κ3) is 3.65. The van der Waals surface area contributed by atoms with Gasteiger partial charge >= 0.3 is 6.18 Å². The Hall–Kier alpha value is -1.89. The predicted molar refractivity (Wildman–Crippen MR) is 78.2 cm³/mol. The number of nitrogens with one attached hydrogen (secondary N) is 1. The molecule has 0 radical (unpaired) electrons. The first-order valence-corrected chi connectivity index (χ1v) is 6.92. The van der Waals surface area contributed by atoms with Crippen molar-refractivity contribution in [3.05, 3.63) is 63.4 Å². The fourth-order valence-corrected chi connectivity index (χ4v) is 2.41. The van der Waals surface area contributed by atoms with Gasteiger partial charge in [-0.2, -0.15) is 13.2 Å². The molecular weight excluding hydrogens is 366 g/mol. The first-order valence-electron chi connectivity index (χ1n) is 6.13. The third-order valence-corrected chi connectivity index (χ3v) is 3.63. The first kappa shape index (κ1) is 16.5. The van der Waals surface area contributed by atoms with Crippen molar-refractivity contribution in [1.82, 2.24) is 0 Å². The minimum Gasteiger partial charge on any atom is -0.322 e. The van der Waals surface area contributed by atoms with Crippen molar-refractivity contribution >= 4 is 27.5 Å². The molecule has 2 aromatic carbocycles. The largest absolute Gasteiger partial charge is 0.416 e. The molecule has 0 saturated carbocycles. The fourth-order valence-electron chi connectivity index (χ4n) is 1.88. The summed E-state index contributed by atoms with van der Waals surface area (Å²) in [5.74, 6) is -1.16. The second-order valence-electron chi connectivity index (χ2n) is 4.61. The minimum atomic E-state index is -4.50. The number of amides is 1. The van der Waals surface area contributed by atoms with Crippen LogP contribution >= 0.6 is 15.9 Å². The van der Waals surface area contributed by atoms with Gasteiger partial charge in [0.05, 0.1) is 11.1 Å². The Morgan fingerprint density at radius 2 is 1.82 bits per heavy atom.